The Bertz CT molecular complexity index is 254. The van der Waals surface area contributed by atoms with Gasteiger partial charge in [-0.25, -0.2) is 0 Å². The molecule has 0 spiro atoms. The van der Waals surface area contributed by atoms with Gasteiger partial charge in [-0.1, -0.05) is 0 Å². The number of carbonyl (C=O) groups excluding carboxylic acids is 3. The van der Waals surface area contributed by atoms with Crippen LogP contribution in [0, 0.1) is 7.43 Å². The van der Waals surface area contributed by atoms with Crippen molar-refractivity contribution in [3.8, 4) is 0 Å². The van der Waals surface area contributed by atoms with Gasteiger partial charge in [-0.15, -0.1) is 0 Å². The van der Waals surface area contributed by atoms with Crippen molar-refractivity contribution in [3.05, 3.63) is 7.43 Å². The van der Waals surface area contributed by atoms with Gasteiger partial charge >= 0.3 is 0 Å². The van der Waals surface area contributed by atoms with E-state index in [0.717, 1.165) is 7.11 Å². The maximum Gasteiger partial charge on any atom is 0.219 e. The third-order valence-electron chi connectivity index (χ3n) is 2.17. The fourth-order valence-electron chi connectivity index (χ4n) is 1.34. The molecule has 3 amide bonds. The van der Waals surface area contributed by atoms with E-state index in [1.165, 1.54) is 6.92 Å². The van der Waals surface area contributed by atoms with Gasteiger partial charge in [-0.3, -0.25) is 14.4 Å². The number of piperazine rings is 1. The molecule has 8 heteroatoms. The van der Waals surface area contributed by atoms with E-state index in [-0.39, 0.29) is 57.9 Å². The van der Waals surface area contributed by atoms with Gasteiger partial charge < -0.3 is 28.1 Å². The number of nitrogens with zero attached hydrogens (tertiary/aromatic N) is 2. The van der Waals surface area contributed by atoms with Crippen molar-refractivity contribution in [2.45, 2.75) is 20.8 Å². The third kappa shape index (κ3) is 15.5. The van der Waals surface area contributed by atoms with Gasteiger partial charge in [0.25, 0.3) is 0 Å². The summed E-state index contributed by atoms with van der Waals surface area (Å²) < 4.78 is 0. The largest absolute Gasteiger partial charge is 0.400 e. The Balaban J connectivity index is -0.000000139. The van der Waals surface area contributed by atoms with E-state index in [9.17, 15) is 14.4 Å². The summed E-state index contributed by atoms with van der Waals surface area (Å²) in [5.41, 5.74) is 4.47. The smallest absolute Gasteiger partial charge is 0.219 e. The SMILES string of the molecule is CC(=O)N1CCN(C(C)=O)CC1.CC(N)=O.CO.[CH3-].[Y]. The minimum atomic E-state index is -0.333. The van der Waals surface area contributed by atoms with Crippen LogP contribution in [0.25, 0.3) is 0 Å². The van der Waals surface area contributed by atoms with Crippen LogP contribution < -0.4 is 5.73 Å². The maximum absolute atomic E-state index is 10.9. The van der Waals surface area contributed by atoms with Gasteiger partial charge in [0, 0.05) is 86.8 Å². The normalized spacial score (nSPS) is 12.2. The molecule has 0 saturated carbocycles. The summed E-state index contributed by atoms with van der Waals surface area (Å²) in [6, 6.07) is 0. The fourth-order valence-corrected chi connectivity index (χ4v) is 1.34. The predicted molar refractivity (Wildman–Crippen MR) is 73.9 cm³/mol. The van der Waals surface area contributed by atoms with Crippen molar-refractivity contribution in [3.63, 3.8) is 0 Å². The molecule has 1 saturated heterocycles. The van der Waals surface area contributed by atoms with Gasteiger partial charge in [0.05, 0.1) is 0 Å². The van der Waals surface area contributed by atoms with E-state index in [1.54, 1.807) is 23.6 Å². The van der Waals surface area contributed by atoms with Crippen LogP contribution in [-0.4, -0.2) is 65.9 Å². The monoisotopic (exact) mass is 365 g/mol. The molecule has 0 unspecified atom stereocenters. The van der Waals surface area contributed by atoms with Crippen molar-refractivity contribution < 1.29 is 52.2 Å². The van der Waals surface area contributed by atoms with Crippen LogP contribution in [0.2, 0.25) is 0 Å². The van der Waals surface area contributed by atoms with Gasteiger partial charge in [0.1, 0.15) is 0 Å². The second-order valence-electron chi connectivity index (χ2n) is 3.62. The molecule has 20 heavy (non-hydrogen) atoms. The van der Waals surface area contributed by atoms with Gasteiger partial charge in [0.2, 0.25) is 17.7 Å². The minimum absolute atomic E-state index is 0. The number of carbonyl (C=O) groups is 3. The summed E-state index contributed by atoms with van der Waals surface area (Å²) in [4.78, 5) is 34.5. The molecule has 0 bridgehead atoms. The van der Waals surface area contributed by atoms with E-state index >= 15 is 0 Å². The Morgan fingerprint density at radius 3 is 1.10 bits per heavy atom. The molecule has 7 nitrogen and oxygen atoms in total. The average Bonchev–Trinajstić information content (AvgIpc) is 2.31. The van der Waals surface area contributed by atoms with E-state index in [2.05, 4.69) is 5.73 Å². The molecule has 1 aliphatic rings. The van der Waals surface area contributed by atoms with Crippen LogP contribution in [-0.2, 0) is 47.1 Å². The summed E-state index contributed by atoms with van der Waals surface area (Å²) in [5.74, 6) is -0.142. The number of primary amides is 1. The van der Waals surface area contributed by atoms with Gasteiger partial charge in [-0.05, 0) is 0 Å². The van der Waals surface area contributed by atoms with Crippen LogP contribution in [0.1, 0.15) is 20.8 Å². The zero-order valence-corrected chi connectivity index (χ0v) is 15.9. The van der Waals surface area contributed by atoms with Crippen LogP contribution in [0.4, 0.5) is 0 Å². The first-order valence-corrected chi connectivity index (χ1v) is 5.56. The van der Waals surface area contributed by atoms with E-state index < -0.39 is 0 Å². The molecular formula is C12H26N3O4Y-. The number of aliphatic hydroxyl groups excluding tert-OH is 1. The summed E-state index contributed by atoms with van der Waals surface area (Å²) >= 11 is 0. The van der Waals surface area contributed by atoms with E-state index in [4.69, 9.17) is 5.11 Å². The van der Waals surface area contributed by atoms with Crippen LogP contribution in [0.5, 0.6) is 0 Å². The van der Waals surface area contributed by atoms with Crippen molar-refractivity contribution >= 4 is 17.7 Å². The first kappa shape index (κ1) is 27.8. The fraction of sp³-hybridized carbons (Fsp3) is 0.667. The van der Waals surface area contributed by atoms with Crippen LogP contribution in [0.3, 0.4) is 0 Å². The van der Waals surface area contributed by atoms with Crippen LogP contribution in [0.15, 0.2) is 0 Å². The number of amides is 3. The molecule has 1 fully saturated rings. The number of nitrogens with two attached hydrogens (primary N) is 1. The second kappa shape index (κ2) is 16.5. The molecule has 1 radical (unpaired) electrons. The van der Waals surface area contributed by atoms with Gasteiger partial charge in [-0.2, -0.15) is 0 Å². The zero-order valence-electron chi connectivity index (χ0n) is 13.0. The molecule has 0 aromatic carbocycles. The summed E-state index contributed by atoms with van der Waals surface area (Å²) in [6.45, 7) is 7.13. The zero-order chi connectivity index (χ0) is 14.7. The Morgan fingerprint density at radius 2 is 1.00 bits per heavy atom. The number of hydrogen-bond acceptors (Lipinski definition) is 4. The molecule has 1 heterocycles. The Hall–Kier alpha value is -0.526. The molecule has 0 atom stereocenters. The topological polar surface area (TPSA) is 104 Å². The summed E-state index contributed by atoms with van der Waals surface area (Å²) in [6.07, 6.45) is 0. The second-order valence-corrected chi connectivity index (χ2v) is 3.62. The maximum atomic E-state index is 10.9. The predicted octanol–water partition coefficient (Wildman–Crippen LogP) is -0.755. The Labute approximate surface area is 146 Å². The molecule has 0 aliphatic carbocycles. The van der Waals surface area contributed by atoms with Gasteiger partial charge in [0.15, 0.2) is 0 Å². The number of aliphatic hydroxyl groups is 1. The first-order valence-electron chi connectivity index (χ1n) is 5.56. The van der Waals surface area contributed by atoms with E-state index in [1.807, 2.05) is 0 Å². The van der Waals surface area contributed by atoms with Crippen molar-refractivity contribution in [1.29, 1.82) is 0 Å². The minimum Gasteiger partial charge on any atom is -0.400 e. The quantitative estimate of drug-likeness (QED) is 0.551. The Kier molecular flexibility index (Phi) is 22.9. The van der Waals surface area contributed by atoms with Crippen molar-refractivity contribution in [2.24, 2.45) is 5.73 Å². The molecule has 0 aromatic rings. The molecular weight excluding hydrogens is 339 g/mol. The van der Waals surface area contributed by atoms with Crippen molar-refractivity contribution in [2.75, 3.05) is 33.3 Å². The van der Waals surface area contributed by atoms with Crippen molar-refractivity contribution in [1.82, 2.24) is 9.80 Å². The molecule has 1 aliphatic heterocycles. The summed E-state index contributed by atoms with van der Waals surface area (Å²) in [7, 11) is 1.00. The number of rotatable bonds is 0. The molecule has 117 valence electrons. The molecule has 3 N–H and O–H groups in total. The third-order valence-corrected chi connectivity index (χ3v) is 2.17. The Morgan fingerprint density at radius 1 is 0.850 bits per heavy atom. The molecule has 1 rings (SSSR count). The standard InChI is InChI=1S/C8H14N2O2.C2H5NO.CH4O.CH3.Y/c1-7(11)9-3-5-10(6-4-9)8(2)12;1-2(3)4;1-2;;/h3-6H2,1-2H3;1H3,(H2,3,4);2H,1H3;1H3;/q;;;-1;. The first-order chi connectivity index (χ1) is 8.34. The average molecular weight is 365 g/mol. The molecule has 0 aromatic heterocycles. The van der Waals surface area contributed by atoms with Crippen LogP contribution >= 0.6 is 0 Å². The number of hydrogen-bond donors (Lipinski definition) is 2. The summed E-state index contributed by atoms with van der Waals surface area (Å²) in [5, 5.41) is 7.00. The van der Waals surface area contributed by atoms with E-state index in [0.29, 0.717) is 26.2 Å².